The highest BCUT2D eigenvalue weighted by Gasteiger charge is 2.51. The predicted octanol–water partition coefficient (Wildman–Crippen LogP) is 8.02. The second kappa shape index (κ2) is 40.5. The molecule has 0 saturated carbocycles. The van der Waals surface area contributed by atoms with E-state index in [0.717, 1.165) is 44.5 Å². The van der Waals surface area contributed by atoms with Gasteiger partial charge < -0.3 is 95.1 Å². The molecule has 19 unspecified atom stereocenters. The van der Waals surface area contributed by atoms with Crippen molar-refractivity contribution in [2.75, 3.05) is 39.5 Å². The average molecular weight is 1440 g/mol. The summed E-state index contributed by atoms with van der Waals surface area (Å²) in [7, 11) is 0. The molecule has 3 aliphatic heterocycles. The van der Waals surface area contributed by atoms with Crippen LogP contribution in [0.2, 0.25) is 0 Å². The van der Waals surface area contributed by atoms with Gasteiger partial charge in [0.25, 0.3) is 0 Å². The summed E-state index contributed by atoms with van der Waals surface area (Å²) in [4.78, 5) is 53.9. The largest absolute Gasteiger partial charge is 0.462 e. The number of aliphatic hydroxyl groups excluding tert-OH is 8. The minimum Gasteiger partial charge on any atom is -0.462 e. The van der Waals surface area contributed by atoms with Crippen molar-refractivity contribution in [3.8, 4) is 11.1 Å². The molecule has 19 atom stereocenters. The molecule has 3 amide bonds. The zero-order valence-corrected chi connectivity index (χ0v) is 59.7. The molecule has 564 valence electrons. The standard InChI is InChI=1S/C81H105N3O20/c1-7-58-59(8-2)66(63-32-24-21-29-60(58)63)48-99-79(95)83-38-40-98-39-37-82-78(94)75-71(90)47-81(97)46-56(87)42-70(89)69(88)36-35-54(85)41-55(86)43-73(91)101-52(5)51(4)76(92)50(3)27-19-17-15-13-11-9-10-12-14-16-18-20-28-57(44-72(75)104-81)103-74-45-68(77(93)53(6)102-74)84-80(96)100-49-67-64-33-25-22-30-61(64)62-31-23-26-34-65(62)67/h7-34,50-57,66-72,74-77,85-90,92-93,97H,1-2,35-49H2,3-6H3,(H,82,94)(H,83,95)(H,84,96). The Bertz CT molecular complexity index is 3540. The summed E-state index contributed by atoms with van der Waals surface area (Å²) < 4.78 is 42.1. The van der Waals surface area contributed by atoms with Crippen LogP contribution in [0.15, 0.2) is 189 Å². The van der Waals surface area contributed by atoms with Crippen molar-refractivity contribution < 1.29 is 98.3 Å². The Morgan fingerprint density at radius 3 is 1.78 bits per heavy atom. The van der Waals surface area contributed by atoms with Crippen LogP contribution in [0.3, 0.4) is 0 Å². The van der Waals surface area contributed by atoms with Crippen LogP contribution in [0, 0.1) is 17.8 Å². The van der Waals surface area contributed by atoms with Crippen molar-refractivity contribution in [1.29, 1.82) is 0 Å². The third-order valence-corrected chi connectivity index (χ3v) is 19.7. The second-order valence-electron chi connectivity index (χ2n) is 27.4. The molecule has 23 nitrogen and oxygen atoms in total. The SMILES string of the molecule is C=CC1=C(C=C)C(COC(=O)NCCOCCNC(=O)C2C(O)CC3(O)CC(O)CC(O)C(O)CCC(O)CC(O)CC(=O)OC(C)C(C)C(O)C(C)C=CC=CC=CC=CC=CC=CC=CC(OC4CC(NC(=O)OCC5c6ccccc6-c6ccccc65)C(O)C(C)O4)CC2O3)c2ccccc21. The number of aliphatic hydroxyl groups is 9. The lowest BCUT2D eigenvalue weighted by Crippen LogP contribution is -2.58. The van der Waals surface area contributed by atoms with E-state index in [-0.39, 0.29) is 89.4 Å². The fourth-order valence-electron chi connectivity index (χ4n) is 14.0. The Kier molecular flexibility index (Phi) is 31.8. The first-order valence-corrected chi connectivity index (χ1v) is 36.0. The number of carbonyl (C=O) groups excluding carboxylic acids is 4. The summed E-state index contributed by atoms with van der Waals surface area (Å²) in [6.45, 7) is 14.8. The van der Waals surface area contributed by atoms with Crippen LogP contribution in [0.25, 0.3) is 16.7 Å². The lowest BCUT2D eigenvalue weighted by Gasteiger charge is -2.45. The molecule has 2 saturated heterocycles. The van der Waals surface area contributed by atoms with E-state index in [0.29, 0.717) is 0 Å². The summed E-state index contributed by atoms with van der Waals surface area (Å²) in [6, 6.07) is 22.7. The average Bonchev–Trinajstić information content (AvgIpc) is 1.58. The number of alkyl carbamates (subject to hydrolysis) is 2. The first-order valence-electron chi connectivity index (χ1n) is 36.0. The van der Waals surface area contributed by atoms with Crippen molar-refractivity contribution in [1.82, 2.24) is 16.0 Å². The maximum absolute atomic E-state index is 14.5. The smallest absolute Gasteiger partial charge is 0.407 e. The highest BCUT2D eigenvalue weighted by molar-refractivity contribution is 5.86. The molecule has 0 aromatic heterocycles. The monoisotopic (exact) mass is 1440 g/mol. The zero-order valence-electron chi connectivity index (χ0n) is 59.7. The van der Waals surface area contributed by atoms with Gasteiger partial charge in [-0.25, -0.2) is 9.59 Å². The number of hydrogen-bond acceptors (Lipinski definition) is 20. The van der Waals surface area contributed by atoms with Gasteiger partial charge in [-0.05, 0) is 77.6 Å². The number of cyclic esters (lactones) is 1. The highest BCUT2D eigenvalue weighted by atomic mass is 16.7. The van der Waals surface area contributed by atoms with Gasteiger partial charge in [0.15, 0.2) is 12.1 Å². The van der Waals surface area contributed by atoms with E-state index in [1.807, 2.05) is 122 Å². The van der Waals surface area contributed by atoms with E-state index >= 15 is 0 Å². The van der Waals surface area contributed by atoms with Gasteiger partial charge in [0.2, 0.25) is 5.91 Å². The van der Waals surface area contributed by atoms with Crippen LogP contribution < -0.4 is 16.0 Å². The van der Waals surface area contributed by atoms with Gasteiger partial charge >= 0.3 is 18.2 Å². The molecule has 2 aliphatic carbocycles. The Balaban J connectivity index is 0.975. The van der Waals surface area contributed by atoms with Gasteiger partial charge in [-0.1, -0.05) is 197 Å². The molecular weight excluding hydrogens is 1330 g/mol. The van der Waals surface area contributed by atoms with E-state index in [4.69, 9.17) is 33.2 Å². The quantitative estimate of drug-likeness (QED) is 0.0367. The lowest BCUT2D eigenvalue weighted by atomic mass is 9.82. The van der Waals surface area contributed by atoms with Crippen molar-refractivity contribution in [3.05, 3.63) is 211 Å². The molecule has 8 rings (SSSR count). The van der Waals surface area contributed by atoms with Crippen LogP contribution >= 0.6 is 0 Å². The lowest BCUT2D eigenvalue weighted by molar-refractivity contribution is -0.302. The summed E-state index contributed by atoms with van der Waals surface area (Å²) in [5.41, 5.74) is 7.95. The van der Waals surface area contributed by atoms with Crippen molar-refractivity contribution in [3.63, 3.8) is 0 Å². The number of hydrogen-bond donors (Lipinski definition) is 12. The third-order valence-electron chi connectivity index (χ3n) is 19.7. The Labute approximate surface area is 609 Å². The molecule has 2 fully saturated rings. The van der Waals surface area contributed by atoms with E-state index in [9.17, 15) is 65.1 Å². The molecule has 0 spiro atoms. The van der Waals surface area contributed by atoms with Crippen molar-refractivity contribution >= 4 is 29.6 Å². The summed E-state index contributed by atoms with van der Waals surface area (Å²) in [5, 5.41) is 111. The number of fused-ring (bicyclic) bond motifs is 6. The molecule has 104 heavy (non-hydrogen) atoms. The Hall–Kier alpha value is -7.98. The van der Waals surface area contributed by atoms with Gasteiger partial charge in [-0.2, -0.15) is 0 Å². The molecule has 3 aromatic rings. The van der Waals surface area contributed by atoms with Crippen LogP contribution in [0.1, 0.15) is 120 Å². The minimum absolute atomic E-state index is 0.0147. The third kappa shape index (κ3) is 23.5. The number of benzene rings is 3. The molecule has 0 radical (unpaired) electrons. The van der Waals surface area contributed by atoms with E-state index in [1.54, 1.807) is 75.5 Å². The predicted molar refractivity (Wildman–Crippen MR) is 392 cm³/mol. The minimum atomic E-state index is -2.37. The van der Waals surface area contributed by atoms with Gasteiger partial charge in [-0.15, -0.1) is 0 Å². The Morgan fingerprint density at radius 2 is 1.15 bits per heavy atom. The molecular formula is C81H105N3O20. The van der Waals surface area contributed by atoms with Gasteiger partial charge in [0, 0.05) is 68.9 Å². The van der Waals surface area contributed by atoms with Crippen molar-refractivity contribution in [2.24, 2.45) is 17.8 Å². The molecule has 5 aliphatic rings. The number of amides is 3. The number of allylic oxidation sites excluding steroid dienone is 15. The molecule has 23 heteroatoms. The van der Waals surface area contributed by atoms with Crippen LogP contribution in [0.5, 0.6) is 0 Å². The number of rotatable bonds is 16. The Morgan fingerprint density at radius 1 is 0.587 bits per heavy atom. The fraction of sp³-hybridized carbons (Fsp3) is 0.481. The first kappa shape index (κ1) is 81.7. The molecule has 3 heterocycles. The normalized spacial score (nSPS) is 31.4. The highest BCUT2D eigenvalue weighted by Crippen LogP contribution is 2.46. The number of ether oxygens (including phenoxy) is 7. The van der Waals surface area contributed by atoms with Gasteiger partial charge in [0.1, 0.15) is 25.4 Å². The maximum atomic E-state index is 14.5. The molecule has 2 bridgehead atoms. The van der Waals surface area contributed by atoms with Crippen LogP contribution in [-0.2, 0) is 42.7 Å². The first-order chi connectivity index (χ1) is 50.0. The number of esters is 1. The summed E-state index contributed by atoms with van der Waals surface area (Å²) in [5.74, 6) is -6.47. The van der Waals surface area contributed by atoms with E-state index in [1.165, 1.54) is 0 Å². The van der Waals surface area contributed by atoms with Gasteiger partial charge in [0.05, 0.1) is 92.6 Å². The van der Waals surface area contributed by atoms with Crippen LogP contribution in [-0.4, -0.2) is 201 Å². The zero-order chi connectivity index (χ0) is 74.9. The maximum Gasteiger partial charge on any atom is 0.407 e. The fourth-order valence-corrected chi connectivity index (χ4v) is 14.0. The number of nitrogens with one attached hydrogen (secondary N) is 3. The van der Waals surface area contributed by atoms with Gasteiger partial charge in [-0.3, -0.25) is 9.59 Å². The summed E-state index contributed by atoms with van der Waals surface area (Å²) in [6.07, 6.45) is 7.51. The van der Waals surface area contributed by atoms with E-state index < -0.39 is 153 Å². The van der Waals surface area contributed by atoms with Crippen LogP contribution in [0.4, 0.5) is 9.59 Å². The topological polar surface area (TPSA) is 351 Å². The molecule has 3 aromatic carbocycles. The molecule has 12 N–H and O–H groups in total. The number of carbonyl (C=O) groups is 4. The second-order valence-corrected chi connectivity index (χ2v) is 27.4. The van der Waals surface area contributed by atoms with E-state index in [2.05, 4.69) is 29.1 Å². The summed E-state index contributed by atoms with van der Waals surface area (Å²) >= 11 is 0. The van der Waals surface area contributed by atoms with Crippen molar-refractivity contribution in [2.45, 2.75) is 189 Å².